The summed E-state index contributed by atoms with van der Waals surface area (Å²) in [6, 6.07) is 3.19. The number of carbonyl (C=O) groups excluding carboxylic acids is 1. The number of benzene rings is 1. The second-order valence-corrected chi connectivity index (χ2v) is 6.08. The third-order valence-corrected chi connectivity index (χ3v) is 4.39. The molecule has 0 aromatic heterocycles. The lowest BCUT2D eigenvalue weighted by molar-refractivity contribution is -0.120. The Morgan fingerprint density at radius 3 is 2.53 bits per heavy atom. The minimum Gasteiger partial charge on any atom is -0.328 e. The van der Waals surface area contributed by atoms with Gasteiger partial charge in [0, 0.05) is 12.0 Å². The number of carbonyl (C=O) groups is 1. The summed E-state index contributed by atoms with van der Waals surface area (Å²) in [5.74, 6) is -0.121. The Hall–Kier alpha value is -0.480. The third-order valence-electron chi connectivity index (χ3n) is 3.35. The summed E-state index contributed by atoms with van der Waals surface area (Å²) in [4.78, 5) is 12.2. The summed E-state index contributed by atoms with van der Waals surface area (Å²) in [5.41, 5.74) is 6.37. The molecule has 104 valence electrons. The highest BCUT2D eigenvalue weighted by atomic mass is 35.5. The van der Waals surface area contributed by atoms with E-state index in [2.05, 4.69) is 5.32 Å². The molecule has 0 heterocycles. The van der Waals surface area contributed by atoms with E-state index in [9.17, 15) is 4.79 Å². The van der Waals surface area contributed by atoms with E-state index in [4.69, 9.17) is 40.5 Å². The van der Waals surface area contributed by atoms with Gasteiger partial charge in [0.05, 0.1) is 20.8 Å². The monoisotopic (exact) mass is 320 g/mol. The molecule has 2 atom stereocenters. The Balaban J connectivity index is 2.08. The maximum atomic E-state index is 12.2. The highest BCUT2D eigenvalue weighted by Gasteiger charge is 2.25. The first-order chi connectivity index (χ1) is 8.97. The van der Waals surface area contributed by atoms with E-state index in [1.807, 2.05) is 0 Å². The molecule has 1 aliphatic rings. The smallest absolute Gasteiger partial charge is 0.227 e. The predicted molar refractivity (Wildman–Crippen MR) is 80.0 cm³/mol. The molecule has 1 aromatic carbocycles. The number of nitrogens with one attached hydrogen (secondary N) is 1. The number of rotatable bonds is 2. The van der Waals surface area contributed by atoms with Crippen molar-refractivity contribution < 1.29 is 4.79 Å². The van der Waals surface area contributed by atoms with Crippen LogP contribution in [0.3, 0.4) is 0 Å². The molecule has 3 nitrogen and oxygen atoms in total. The third kappa shape index (κ3) is 3.76. The van der Waals surface area contributed by atoms with Crippen molar-refractivity contribution in [3.05, 3.63) is 27.2 Å². The van der Waals surface area contributed by atoms with E-state index < -0.39 is 0 Å². The molecule has 0 aliphatic heterocycles. The van der Waals surface area contributed by atoms with E-state index in [0.717, 1.165) is 19.3 Å². The number of hydrogen-bond acceptors (Lipinski definition) is 2. The molecule has 0 spiro atoms. The van der Waals surface area contributed by atoms with Crippen molar-refractivity contribution in [3.8, 4) is 0 Å². The lowest BCUT2D eigenvalue weighted by Gasteiger charge is -2.25. The zero-order chi connectivity index (χ0) is 14.0. The van der Waals surface area contributed by atoms with Gasteiger partial charge in [-0.1, -0.05) is 41.2 Å². The van der Waals surface area contributed by atoms with Crippen LogP contribution < -0.4 is 11.1 Å². The van der Waals surface area contributed by atoms with Gasteiger partial charge in [0.15, 0.2) is 0 Å². The standard InChI is InChI=1S/C13H15Cl3N2O/c14-9-5-11(16)12(6-10(9)15)18-13(19)7-2-1-3-8(17)4-7/h5-8H,1-4,17H2,(H,18,19). The van der Waals surface area contributed by atoms with Crippen LogP contribution in [0.2, 0.25) is 15.1 Å². The van der Waals surface area contributed by atoms with Gasteiger partial charge in [0.1, 0.15) is 0 Å². The maximum absolute atomic E-state index is 12.2. The van der Waals surface area contributed by atoms with Crippen molar-refractivity contribution in [2.45, 2.75) is 31.7 Å². The van der Waals surface area contributed by atoms with Gasteiger partial charge in [-0.2, -0.15) is 0 Å². The van der Waals surface area contributed by atoms with Crippen LogP contribution in [0, 0.1) is 5.92 Å². The molecule has 1 aliphatic carbocycles. The molecule has 1 fully saturated rings. The van der Waals surface area contributed by atoms with Gasteiger partial charge in [0.2, 0.25) is 5.91 Å². The van der Waals surface area contributed by atoms with Gasteiger partial charge in [-0.3, -0.25) is 4.79 Å². The van der Waals surface area contributed by atoms with Gasteiger partial charge >= 0.3 is 0 Å². The van der Waals surface area contributed by atoms with Crippen molar-refractivity contribution >= 4 is 46.4 Å². The molecule has 1 saturated carbocycles. The van der Waals surface area contributed by atoms with E-state index in [0.29, 0.717) is 27.2 Å². The van der Waals surface area contributed by atoms with Crippen LogP contribution in [0.5, 0.6) is 0 Å². The second-order valence-electron chi connectivity index (χ2n) is 4.86. The van der Waals surface area contributed by atoms with E-state index in [-0.39, 0.29) is 17.9 Å². The summed E-state index contributed by atoms with van der Waals surface area (Å²) in [7, 11) is 0. The average Bonchev–Trinajstić information content (AvgIpc) is 2.36. The number of halogens is 3. The predicted octanol–water partition coefficient (Wildman–Crippen LogP) is 4.10. The Morgan fingerprint density at radius 2 is 1.84 bits per heavy atom. The summed E-state index contributed by atoms with van der Waals surface area (Å²) in [6.45, 7) is 0. The fourth-order valence-electron chi connectivity index (χ4n) is 2.32. The van der Waals surface area contributed by atoms with Crippen molar-refractivity contribution in [2.24, 2.45) is 11.7 Å². The normalized spacial score (nSPS) is 23.2. The minimum atomic E-state index is -0.0609. The highest BCUT2D eigenvalue weighted by molar-refractivity contribution is 6.44. The van der Waals surface area contributed by atoms with Crippen molar-refractivity contribution in [1.29, 1.82) is 0 Å². The largest absolute Gasteiger partial charge is 0.328 e. The molecular weight excluding hydrogens is 307 g/mol. The lowest BCUT2D eigenvalue weighted by Crippen LogP contribution is -2.34. The fourth-order valence-corrected chi connectivity index (χ4v) is 2.91. The lowest BCUT2D eigenvalue weighted by atomic mass is 9.85. The Morgan fingerprint density at radius 1 is 1.16 bits per heavy atom. The van der Waals surface area contributed by atoms with E-state index in [1.54, 1.807) is 6.07 Å². The van der Waals surface area contributed by atoms with Gasteiger partial charge in [-0.05, 0) is 31.4 Å². The molecule has 2 rings (SSSR count). The maximum Gasteiger partial charge on any atom is 0.227 e. The van der Waals surface area contributed by atoms with Crippen LogP contribution >= 0.6 is 34.8 Å². The van der Waals surface area contributed by atoms with Crippen LogP contribution in [-0.4, -0.2) is 11.9 Å². The quantitative estimate of drug-likeness (QED) is 0.806. The van der Waals surface area contributed by atoms with Crippen molar-refractivity contribution in [1.82, 2.24) is 0 Å². The van der Waals surface area contributed by atoms with Crippen LogP contribution in [0.25, 0.3) is 0 Å². The molecule has 19 heavy (non-hydrogen) atoms. The summed E-state index contributed by atoms with van der Waals surface area (Å²) >= 11 is 17.8. The minimum absolute atomic E-state index is 0.0598. The van der Waals surface area contributed by atoms with Crippen LogP contribution in [-0.2, 0) is 4.79 Å². The molecule has 6 heteroatoms. The van der Waals surface area contributed by atoms with Gasteiger partial charge < -0.3 is 11.1 Å². The van der Waals surface area contributed by atoms with E-state index >= 15 is 0 Å². The topological polar surface area (TPSA) is 55.1 Å². The first kappa shape index (κ1) is 14.9. The molecule has 0 radical (unpaired) electrons. The molecule has 1 amide bonds. The molecule has 0 saturated heterocycles. The number of nitrogens with two attached hydrogens (primary N) is 1. The molecular formula is C13H15Cl3N2O. The zero-order valence-electron chi connectivity index (χ0n) is 10.3. The number of hydrogen-bond donors (Lipinski definition) is 2. The number of amides is 1. The second kappa shape index (κ2) is 6.31. The summed E-state index contributed by atoms with van der Waals surface area (Å²) < 4.78 is 0. The number of anilines is 1. The first-order valence-electron chi connectivity index (χ1n) is 6.18. The Bertz CT molecular complexity index is 493. The SMILES string of the molecule is NC1CCCC(C(=O)Nc2cc(Cl)c(Cl)cc2Cl)C1. The molecule has 3 N–H and O–H groups in total. The molecule has 2 unspecified atom stereocenters. The first-order valence-corrected chi connectivity index (χ1v) is 7.31. The van der Waals surface area contributed by atoms with Crippen LogP contribution in [0.1, 0.15) is 25.7 Å². The Kier molecular flexibility index (Phi) is 4.96. The average molecular weight is 322 g/mol. The highest BCUT2D eigenvalue weighted by Crippen LogP contribution is 2.33. The molecule has 0 bridgehead atoms. The summed E-state index contributed by atoms with van der Waals surface area (Å²) in [6.07, 6.45) is 3.54. The van der Waals surface area contributed by atoms with Gasteiger partial charge in [0.25, 0.3) is 0 Å². The van der Waals surface area contributed by atoms with Crippen molar-refractivity contribution in [3.63, 3.8) is 0 Å². The van der Waals surface area contributed by atoms with Crippen molar-refractivity contribution in [2.75, 3.05) is 5.32 Å². The van der Waals surface area contributed by atoms with Crippen LogP contribution in [0.4, 0.5) is 5.69 Å². The summed E-state index contributed by atoms with van der Waals surface area (Å²) in [5, 5.41) is 3.90. The van der Waals surface area contributed by atoms with Crippen LogP contribution in [0.15, 0.2) is 12.1 Å². The zero-order valence-corrected chi connectivity index (χ0v) is 12.5. The van der Waals surface area contributed by atoms with E-state index in [1.165, 1.54) is 6.07 Å². The Labute approximate surface area is 127 Å². The van der Waals surface area contributed by atoms with Gasteiger partial charge in [-0.25, -0.2) is 0 Å². The molecule has 1 aromatic rings. The fraction of sp³-hybridized carbons (Fsp3) is 0.462. The van der Waals surface area contributed by atoms with Gasteiger partial charge in [-0.15, -0.1) is 0 Å².